The van der Waals surface area contributed by atoms with Crippen LogP contribution in [0.1, 0.15) is 22.8 Å². The Kier molecular flexibility index (Phi) is 4.58. The summed E-state index contributed by atoms with van der Waals surface area (Å²) in [5.41, 5.74) is -4.51. The van der Waals surface area contributed by atoms with E-state index in [-0.39, 0.29) is 6.07 Å². The highest BCUT2D eigenvalue weighted by Crippen LogP contribution is 2.41. The number of carboxylic acids is 1. The van der Waals surface area contributed by atoms with Gasteiger partial charge in [-0.25, -0.2) is 4.79 Å². The Morgan fingerprint density at radius 3 is 1.95 bits per heavy atom. The Labute approximate surface area is 121 Å². The van der Waals surface area contributed by atoms with Crippen LogP contribution in [0.3, 0.4) is 0 Å². The normalized spacial score (nSPS) is 14.2. The van der Waals surface area contributed by atoms with Crippen LogP contribution in [0.15, 0.2) is 12.1 Å². The van der Waals surface area contributed by atoms with Crippen LogP contribution >= 0.6 is 22.6 Å². The lowest BCUT2D eigenvalue weighted by atomic mass is 9.99. The standard InChI is InChI=1S/C10H5F6IO3/c11-9(12,13)3-1-4(10(14,15)16)6(5(17)2-3)7(18)8(19)20/h1-2,7,18H,(H,19,20). The van der Waals surface area contributed by atoms with Crippen molar-refractivity contribution in [3.63, 3.8) is 0 Å². The van der Waals surface area contributed by atoms with Crippen LogP contribution < -0.4 is 0 Å². The molecule has 0 bridgehead atoms. The smallest absolute Gasteiger partial charge is 0.416 e. The molecule has 20 heavy (non-hydrogen) atoms. The number of alkyl halides is 6. The lowest BCUT2D eigenvalue weighted by Gasteiger charge is -2.19. The number of benzene rings is 1. The molecule has 0 fully saturated rings. The van der Waals surface area contributed by atoms with Gasteiger partial charge in [0.1, 0.15) is 0 Å². The molecule has 10 heteroatoms. The summed E-state index contributed by atoms with van der Waals surface area (Å²) in [6.45, 7) is 0. The second-order valence-corrected chi connectivity index (χ2v) is 4.82. The molecule has 0 amide bonds. The summed E-state index contributed by atoms with van der Waals surface area (Å²) in [5, 5.41) is 17.8. The van der Waals surface area contributed by atoms with E-state index in [1.165, 1.54) is 0 Å². The maximum absolute atomic E-state index is 12.7. The number of hydrogen-bond acceptors (Lipinski definition) is 2. The summed E-state index contributed by atoms with van der Waals surface area (Å²) in [4.78, 5) is 10.6. The number of aliphatic hydroxyl groups excluding tert-OH is 1. The largest absolute Gasteiger partial charge is 0.479 e. The van der Waals surface area contributed by atoms with E-state index < -0.39 is 44.7 Å². The molecule has 0 spiro atoms. The molecule has 3 nitrogen and oxygen atoms in total. The topological polar surface area (TPSA) is 57.5 Å². The summed E-state index contributed by atoms with van der Waals surface area (Å²) >= 11 is 1.12. The highest BCUT2D eigenvalue weighted by atomic mass is 127. The molecule has 1 aromatic carbocycles. The summed E-state index contributed by atoms with van der Waals surface area (Å²) in [5.74, 6) is -1.99. The van der Waals surface area contributed by atoms with Crippen LogP contribution in [0.2, 0.25) is 0 Å². The van der Waals surface area contributed by atoms with Gasteiger partial charge >= 0.3 is 18.3 Å². The first-order valence-corrected chi connectivity index (χ1v) is 5.82. The van der Waals surface area contributed by atoms with Crippen molar-refractivity contribution in [3.05, 3.63) is 32.4 Å². The molecule has 0 saturated carbocycles. The summed E-state index contributed by atoms with van der Waals surface area (Å²) in [6.07, 6.45) is -12.8. The first kappa shape index (κ1) is 17.0. The first-order chi connectivity index (χ1) is 8.85. The van der Waals surface area contributed by atoms with Gasteiger partial charge in [-0.05, 0) is 34.7 Å². The Morgan fingerprint density at radius 1 is 1.10 bits per heavy atom. The Bertz CT molecular complexity index is 537. The lowest BCUT2D eigenvalue weighted by molar-refractivity contribution is -0.149. The van der Waals surface area contributed by atoms with Gasteiger partial charge in [0, 0.05) is 9.13 Å². The van der Waals surface area contributed by atoms with E-state index in [9.17, 15) is 36.2 Å². The zero-order valence-corrected chi connectivity index (χ0v) is 11.3. The third-order valence-corrected chi connectivity index (χ3v) is 3.16. The van der Waals surface area contributed by atoms with E-state index in [0.29, 0.717) is 6.07 Å². The second kappa shape index (κ2) is 5.39. The van der Waals surface area contributed by atoms with Gasteiger partial charge in [-0.3, -0.25) is 0 Å². The van der Waals surface area contributed by atoms with Crippen LogP contribution in [-0.2, 0) is 17.1 Å². The van der Waals surface area contributed by atoms with Crippen molar-refractivity contribution in [1.29, 1.82) is 0 Å². The zero-order chi connectivity index (χ0) is 15.9. The molecule has 2 N–H and O–H groups in total. The number of hydrogen-bond donors (Lipinski definition) is 2. The molecule has 0 radical (unpaired) electrons. The third kappa shape index (κ3) is 3.53. The minimum Gasteiger partial charge on any atom is -0.479 e. The van der Waals surface area contributed by atoms with Crippen LogP contribution in [0.5, 0.6) is 0 Å². The van der Waals surface area contributed by atoms with E-state index in [2.05, 4.69) is 0 Å². The molecule has 0 saturated heterocycles. The molecule has 1 unspecified atom stereocenters. The highest BCUT2D eigenvalue weighted by molar-refractivity contribution is 14.1. The number of aliphatic hydroxyl groups is 1. The van der Waals surface area contributed by atoms with E-state index in [1.54, 1.807) is 0 Å². The fourth-order valence-electron chi connectivity index (χ4n) is 1.42. The Morgan fingerprint density at radius 2 is 1.60 bits per heavy atom. The number of carbonyl (C=O) groups is 1. The minimum absolute atomic E-state index is 0.219. The van der Waals surface area contributed by atoms with Crippen LogP contribution in [0.4, 0.5) is 26.3 Å². The van der Waals surface area contributed by atoms with Crippen molar-refractivity contribution >= 4 is 28.6 Å². The molecular weight excluding hydrogens is 409 g/mol. The third-order valence-electron chi connectivity index (χ3n) is 2.27. The Balaban J connectivity index is 3.64. The van der Waals surface area contributed by atoms with E-state index in [4.69, 9.17) is 5.11 Å². The van der Waals surface area contributed by atoms with Gasteiger partial charge in [-0.2, -0.15) is 26.3 Å². The number of carboxylic acid groups (broad SMARTS) is 1. The zero-order valence-electron chi connectivity index (χ0n) is 9.18. The molecule has 1 rings (SSSR count). The summed E-state index contributed by atoms with van der Waals surface area (Å²) in [6, 6.07) is 0.126. The van der Waals surface area contributed by atoms with Crippen molar-refractivity contribution in [1.82, 2.24) is 0 Å². The summed E-state index contributed by atoms with van der Waals surface area (Å²) in [7, 11) is 0. The van der Waals surface area contributed by atoms with E-state index in [0.717, 1.165) is 22.6 Å². The van der Waals surface area contributed by atoms with Gasteiger partial charge in [0.15, 0.2) is 6.10 Å². The average Bonchev–Trinajstić information content (AvgIpc) is 2.24. The van der Waals surface area contributed by atoms with Gasteiger partial charge < -0.3 is 10.2 Å². The van der Waals surface area contributed by atoms with E-state index in [1.807, 2.05) is 0 Å². The van der Waals surface area contributed by atoms with Gasteiger partial charge in [0.05, 0.1) is 11.1 Å². The second-order valence-electron chi connectivity index (χ2n) is 3.66. The first-order valence-electron chi connectivity index (χ1n) is 4.74. The predicted octanol–water partition coefficient (Wildman–Crippen LogP) is 3.45. The Hall–Kier alpha value is -1.04. The van der Waals surface area contributed by atoms with Crippen LogP contribution in [0, 0.1) is 3.57 Å². The van der Waals surface area contributed by atoms with Gasteiger partial charge in [0.25, 0.3) is 0 Å². The molecular formula is C10H5F6IO3. The monoisotopic (exact) mass is 414 g/mol. The molecule has 0 aliphatic rings. The average molecular weight is 414 g/mol. The predicted molar refractivity (Wildman–Crippen MR) is 61.8 cm³/mol. The molecule has 1 aromatic rings. The maximum atomic E-state index is 12.7. The molecule has 0 aromatic heterocycles. The fraction of sp³-hybridized carbons (Fsp3) is 0.300. The molecule has 0 heterocycles. The maximum Gasteiger partial charge on any atom is 0.416 e. The van der Waals surface area contributed by atoms with Crippen molar-refractivity contribution < 1.29 is 41.4 Å². The molecule has 112 valence electrons. The molecule has 0 aliphatic heterocycles. The van der Waals surface area contributed by atoms with Crippen molar-refractivity contribution in [2.45, 2.75) is 18.5 Å². The van der Waals surface area contributed by atoms with Crippen LogP contribution in [-0.4, -0.2) is 16.2 Å². The van der Waals surface area contributed by atoms with Crippen molar-refractivity contribution in [2.24, 2.45) is 0 Å². The van der Waals surface area contributed by atoms with Crippen molar-refractivity contribution in [3.8, 4) is 0 Å². The van der Waals surface area contributed by atoms with Crippen LogP contribution in [0.25, 0.3) is 0 Å². The fourth-order valence-corrected chi connectivity index (χ4v) is 2.34. The van der Waals surface area contributed by atoms with Gasteiger partial charge in [-0.15, -0.1) is 0 Å². The summed E-state index contributed by atoms with van der Waals surface area (Å²) < 4.78 is 75.0. The minimum atomic E-state index is -5.23. The van der Waals surface area contributed by atoms with E-state index >= 15 is 0 Å². The highest BCUT2D eigenvalue weighted by Gasteiger charge is 2.41. The molecule has 1 atom stereocenters. The SMILES string of the molecule is O=C(O)C(O)c1c(I)cc(C(F)(F)F)cc1C(F)(F)F. The van der Waals surface area contributed by atoms with Crippen molar-refractivity contribution in [2.75, 3.05) is 0 Å². The number of aliphatic carboxylic acids is 1. The quantitative estimate of drug-likeness (QED) is 0.576. The van der Waals surface area contributed by atoms with Gasteiger partial charge in [0.2, 0.25) is 0 Å². The lowest BCUT2D eigenvalue weighted by Crippen LogP contribution is -2.21. The molecule has 0 aliphatic carbocycles. The van der Waals surface area contributed by atoms with Gasteiger partial charge in [-0.1, -0.05) is 0 Å². The number of halogens is 7. The number of rotatable bonds is 2.